The lowest BCUT2D eigenvalue weighted by Gasteiger charge is -2.38. The summed E-state index contributed by atoms with van der Waals surface area (Å²) in [4.78, 5) is 27.1. The largest absolute Gasteiger partial charge is 0.384 e. The fourth-order valence-corrected chi connectivity index (χ4v) is 2.96. The Bertz CT molecular complexity index is 397. The molecule has 1 aliphatic heterocycles. The van der Waals surface area contributed by atoms with Crippen LogP contribution in [0.4, 0.5) is 8.78 Å². The van der Waals surface area contributed by atoms with E-state index in [4.69, 9.17) is 0 Å². The Morgan fingerprint density at radius 2 is 1.57 bits per heavy atom. The Labute approximate surface area is 122 Å². The molecule has 2 amide bonds. The minimum Gasteiger partial charge on any atom is -0.384 e. The lowest BCUT2D eigenvalue weighted by Crippen LogP contribution is -2.54. The molecule has 5 nitrogen and oxygen atoms in total. The van der Waals surface area contributed by atoms with Gasteiger partial charge in [-0.1, -0.05) is 0 Å². The zero-order valence-corrected chi connectivity index (χ0v) is 12.2. The maximum Gasteiger partial charge on any atom is 0.251 e. The average Bonchev–Trinajstić information content (AvgIpc) is 2.46. The minimum absolute atomic E-state index is 0.0744. The van der Waals surface area contributed by atoms with E-state index in [0.717, 1.165) is 0 Å². The molecule has 120 valence electrons. The topological polar surface area (TPSA) is 60.9 Å². The summed E-state index contributed by atoms with van der Waals surface area (Å²) in [6, 6.07) is 0. The van der Waals surface area contributed by atoms with Gasteiger partial charge in [-0.3, -0.25) is 9.59 Å². The number of carbonyl (C=O) groups excluding carboxylic acids is 2. The van der Waals surface area contributed by atoms with E-state index in [9.17, 15) is 23.5 Å². The van der Waals surface area contributed by atoms with Gasteiger partial charge in [-0.15, -0.1) is 0 Å². The van der Waals surface area contributed by atoms with Crippen molar-refractivity contribution in [1.82, 2.24) is 9.80 Å². The van der Waals surface area contributed by atoms with Crippen LogP contribution in [0.1, 0.15) is 32.6 Å². The predicted octanol–water partition coefficient (Wildman–Crippen LogP) is 0.863. The van der Waals surface area contributed by atoms with Crippen molar-refractivity contribution in [2.75, 3.05) is 26.2 Å². The van der Waals surface area contributed by atoms with Crippen molar-refractivity contribution in [1.29, 1.82) is 0 Å². The molecule has 0 radical (unpaired) electrons. The van der Waals surface area contributed by atoms with Crippen LogP contribution in [0, 0.1) is 5.92 Å². The van der Waals surface area contributed by atoms with Gasteiger partial charge in [-0.05, 0) is 19.8 Å². The molecule has 1 aliphatic carbocycles. The molecule has 7 heteroatoms. The first-order chi connectivity index (χ1) is 9.80. The van der Waals surface area contributed by atoms with E-state index >= 15 is 0 Å². The normalized spacial score (nSPS) is 24.8. The van der Waals surface area contributed by atoms with Gasteiger partial charge in [-0.2, -0.15) is 0 Å². The second-order valence-corrected chi connectivity index (χ2v) is 5.96. The van der Waals surface area contributed by atoms with Gasteiger partial charge < -0.3 is 14.9 Å². The summed E-state index contributed by atoms with van der Waals surface area (Å²) in [5.41, 5.74) is 0. The number of rotatable bonds is 2. The van der Waals surface area contributed by atoms with Gasteiger partial charge in [0.15, 0.2) is 0 Å². The maximum atomic E-state index is 13.1. The first-order valence-corrected chi connectivity index (χ1v) is 7.43. The molecule has 0 aromatic carbocycles. The Hall–Kier alpha value is -1.24. The van der Waals surface area contributed by atoms with E-state index in [2.05, 4.69) is 0 Å². The number of hydrogen-bond acceptors (Lipinski definition) is 3. The third kappa shape index (κ3) is 3.90. The van der Waals surface area contributed by atoms with Crippen LogP contribution >= 0.6 is 0 Å². The van der Waals surface area contributed by atoms with Crippen LogP contribution in [0.5, 0.6) is 0 Å². The van der Waals surface area contributed by atoms with E-state index < -0.39 is 12.0 Å². The van der Waals surface area contributed by atoms with Gasteiger partial charge in [0.25, 0.3) is 5.91 Å². The van der Waals surface area contributed by atoms with Gasteiger partial charge in [-0.25, -0.2) is 8.78 Å². The molecule has 1 saturated carbocycles. The number of amides is 2. The third-order valence-electron chi connectivity index (χ3n) is 4.33. The summed E-state index contributed by atoms with van der Waals surface area (Å²) in [5.74, 6) is -3.35. The molecular weight excluding hydrogens is 282 g/mol. The molecule has 1 atom stereocenters. The third-order valence-corrected chi connectivity index (χ3v) is 4.33. The smallest absolute Gasteiger partial charge is 0.251 e. The zero-order valence-electron chi connectivity index (χ0n) is 12.2. The number of piperazine rings is 1. The van der Waals surface area contributed by atoms with E-state index in [1.165, 1.54) is 11.8 Å². The quantitative estimate of drug-likeness (QED) is 0.823. The molecule has 1 unspecified atom stereocenters. The fourth-order valence-electron chi connectivity index (χ4n) is 2.96. The predicted molar refractivity (Wildman–Crippen MR) is 71.7 cm³/mol. The summed E-state index contributed by atoms with van der Waals surface area (Å²) in [6.07, 6.45) is -1.00. The molecule has 0 aromatic rings. The Kier molecular flexibility index (Phi) is 4.81. The maximum absolute atomic E-state index is 13.1. The highest BCUT2D eigenvalue weighted by Gasteiger charge is 2.39. The highest BCUT2D eigenvalue weighted by molar-refractivity contribution is 5.81. The number of alkyl halides is 2. The highest BCUT2D eigenvalue weighted by Crippen LogP contribution is 2.36. The number of hydrogen-bond donors (Lipinski definition) is 1. The summed E-state index contributed by atoms with van der Waals surface area (Å²) in [5, 5.41) is 9.26. The molecule has 0 bridgehead atoms. The number of aliphatic hydroxyl groups is 1. The van der Waals surface area contributed by atoms with Crippen LogP contribution < -0.4 is 0 Å². The summed E-state index contributed by atoms with van der Waals surface area (Å²) in [6.45, 7) is 3.01. The lowest BCUT2D eigenvalue weighted by atomic mass is 9.86. The lowest BCUT2D eigenvalue weighted by molar-refractivity contribution is -0.148. The van der Waals surface area contributed by atoms with Gasteiger partial charge in [0.2, 0.25) is 11.8 Å². The van der Waals surface area contributed by atoms with E-state index in [1.54, 1.807) is 4.90 Å². The van der Waals surface area contributed by atoms with Gasteiger partial charge in [0.05, 0.1) is 0 Å². The SMILES string of the molecule is CC(O)C(=O)N1CCN(C(=O)C2CCC(F)(F)CC2)CC1. The number of aliphatic hydroxyl groups excluding tert-OH is 1. The van der Waals surface area contributed by atoms with Gasteiger partial charge in [0, 0.05) is 44.9 Å². The van der Waals surface area contributed by atoms with E-state index in [-0.39, 0.29) is 43.4 Å². The zero-order chi connectivity index (χ0) is 15.6. The Balaban J connectivity index is 1.82. The number of nitrogens with zero attached hydrogens (tertiary/aromatic N) is 2. The van der Waals surface area contributed by atoms with Crippen LogP contribution in [0.15, 0.2) is 0 Å². The van der Waals surface area contributed by atoms with Crippen molar-refractivity contribution >= 4 is 11.8 Å². The van der Waals surface area contributed by atoms with Crippen LogP contribution in [-0.2, 0) is 9.59 Å². The second-order valence-electron chi connectivity index (χ2n) is 5.96. The molecule has 1 heterocycles. The Morgan fingerprint density at radius 3 is 2.05 bits per heavy atom. The molecule has 0 spiro atoms. The van der Waals surface area contributed by atoms with Gasteiger partial charge >= 0.3 is 0 Å². The standard InChI is InChI=1S/C14H22F2N2O3/c1-10(19)12(20)17-6-8-18(9-7-17)13(21)11-2-4-14(15,16)5-3-11/h10-11,19H,2-9H2,1H3. The monoisotopic (exact) mass is 304 g/mol. The molecule has 2 rings (SSSR count). The fraction of sp³-hybridized carbons (Fsp3) is 0.857. The van der Waals surface area contributed by atoms with Crippen molar-refractivity contribution in [3.8, 4) is 0 Å². The summed E-state index contributed by atoms with van der Waals surface area (Å²) in [7, 11) is 0. The van der Waals surface area contributed by atoms with E-state index in [1.807, 2.05) is 0 Å². The number of halogens is 2. The highest BCUT2D eigenvalue weighted by atomic mass is 19.3. The van der Waals surface area contributed by atoms with Crippen molar-refractivity contribution in [2.45, 2.75) is 44.6 Å². The van der Waals surface area contributed by atoms with Crippen molar-refractivity contribution < 1.29 is 23.5 Å². The molecular formula is C14H22F2N2O3. The first-order valence-electron chi connectivity index (χ1n) is 7.43. The van der Waals surface area contributed by atoms with Crippen LogP contribution in [0.25, 0.3) is 0 Å². The summed E-state index contributed by atoms with van der Waals surface area (Å²) >= 11 is 0. The minimum atomic E-state index is -2.63. The molecule has 0 aromatic heterocycles. The molecule has 2 aliphatic rings. The summed E-state index contributed by atoms with van der Waals surface area (Å²) < 4.78 is 26.2. The Morgan fingerprint density at radius 1 is 1.10 bits per heavy atom. The molecule has 1 saturated heterocycles. The number of carbonyl (C=O) groups is 2. The molecule has 2 fully saturated rings. The van der Waals surface area contributed by atoms with E-state index in [0.29, 0.717) is 26.2 Å². The molecule has 21 heavy (non-hydrogen) atoms. The van der Waals surface area contributed by atoms with Crippen LogP contribution in [0.2, 0.25) is 0 Å². The van der Waals surface area contributed by atoms with Crippen molar-refractivity contribution in [3.63, 3.8) is 0 Å². The van der Waals surface area contributed by atoms with Crippen LogP contribution in [-0.4, -0.2) is 64.9 Å². The van der Waals surface area contributed by atoms with Gasteiger partial charge in [0.1, 0.15) is 6.10 Å². The first kappa shape index (κ1) is 16.1. The van der Waals surface area contributed by atoms with Crippen molar-refractivity contribution in [2.24, 2.45) is 5.92 Å². The molecule has 1 N–H and O–H groups in total. The van der Waals surface area contributed by atoms with Crippen molar-refractivity contribution in [3.05, 3.63) is 0 Å². The second kappa shape index (κ2) is 6.25. The average molecular weight is 304 g/mol. The van der Waals surface area contributed by atoms with Crippen LogP contribution in [0.3, 0.4) is 0 Å².